The van der Waals surface area contributed by atoms with Crippen molar-refractivity contribution in [1.29, 1.82) is 0 Å². The fourth-order valence-corrected chi connectivity index (χ4v) is 3.20. The number of carbonyl (C=O) groups excluding carboxylic acids is 1. The van der Waals surface area contributed by atoms with Crippen molar-refractivity contribution in [3.8, 4) is 0 Å². The number of rotatable bonds is 12. The minimum atomic E-state index is -0.812. The molecule has 0 saturated heterocycles. The monoisotopic (exact) mass is 382 g/mol. The molecule has 0 bridgehead atoms. The van der Waals surface area contributed by atoms with Gasteiger partial charge in [0, 0.05) is 36.7 Å². The van der Waals surface area contributed by atoms with Gasteiger partial charge in [-0.2, -0.15) is 0 Å². The average Bonchev–Trinajstić information content (AvgIpc) is 2.86. The van der Waals surface area contributed by atoms with Gasteiger partial charge in [0.2, 0.25) is 0 Å². The lowest BCUT2D eigenvalue weighted by molar-refractivity contribution is -0.137. The van der Waals surface area contributed by atoms with Crippen molar-refractivity contribution < 1.29 is 29.6 Å². The van der Waals surface area contributed by atoms with Crippen LogP contribution in [-0.2, 0) is 14.3 Å². The topological polar surface area (TPSA) is 104 Å². The summed E-state index contributed by atoms with van der Waals surface area (Å²) in [6, 6.07) is 0. The van der Waals surface area contributed by atoms with Crippen LogP contribution in [0.25, 0.3) is 0 Å². The van der Waals surface area contributed by atoms with Crippen molar-refractivity contribution in [2.75, 3.05) is 13.2 Å². The molecule has 6 heteroatoms. The van der Waals surface area contributed by atoms with Crippen LogP contribution in [0.3, 0.4) is 0 Å². The number of carboxylic acid groups (broad SMARTS) is 1. The van der Waals surface area contributed by atoms with Crippen molar-refractivity contribution in [1.82, 2.24) is 0 Å². The number of allylic oxidation sites excluding steroid dienone is 2. The first-order chi connectivity index (χ1) is 12.7. The van der Waals surface area contributed by atoms with E-state index in [1.54, 1.807) is 12.2 Å². The molecule has 27 heavy (non-hydrogen) atoms. The number of hydrogen-bond donors (Lipinski definition) is 3. The summed E-state index contributed by atoms with van der Waals surface area (Å²) in [5, 5.41) is 29.3. The minimum Gasteiger partial charge on any atom is -0.481 e. The van der Waals surface area contributed by atoms with Crippen LogP contribution in [0.1, 0.15) is 52.9 Å². The van der Waals surface area contributed by atoms with Crippen LogP contribution in [0.2, 0.25) is 0 Å². The predicted octanol–water partition coefficient (Wildman–Crippen LogP) is 2.73. The van der Waals surface area contributed by atoms with Gasteiger partial charge in [-0.25, -0.2) is 0 Å². The van der Waals surface area contributed by atoms with Gasteiger partial charge in [0.05, 0.1) is 18.8 Å². The van der Waals surface area contributed by atoms with E-state index >= 15 is 0 Å². The third-order valence-corrected chi connectivity index (χ3v) is 5.05. The molecule has 0 aromatic rings. The molecule has 154 valence electrons. The number of ether oxygens (including phenoxy) is 1. The standard InChI is InChI=1S/C21H34O6/c1-4-27-14-21(2,3)19(24)12-11-16-15(17(22)13-18(16)23)9-7-5-6-8-10-20(25)26/h5,7,11-12,15-16,18-19,23-24H,4,6,8-10,13-14H2,1-3H3,(H,25,26)/b7-5+,12-11+. The van der Waals surface area contributed by atoms with Crippen molar-refractivity contribution in [2.45, 2.75) is 65.1 Å². The van der Waals surface area contributed by atoms with Crippen LogP contribution in [-0.4, -0.2) is 52.5 Å². The second-order valence-corrected chi connectivity index (χ2v) is 7.87. The lowest BCUT2D eigenvalue weighted by atomic mass is 9.85. The number of ketones is 1. The van der Waals surface area contributed by atoms with Gasteiger partial charge < -0.3 is 20.1 Å². The molecular formula is C21H34O6. The van der Waals surface area contributed by atoms with E-state index in [1.165, 1.54) is 0 Å². The molecular weight excluding hydrogens is 348 g/mol. The van der Waals surface area contributed by atoms with Gasteiger partial charge in [-0.1, -0.05) is 38.2 Å². The van der Waals surface area contributed by atoms with Gasteiger partial charge in [0.25, 0.3) is 0 Å². The molecule has 0 spiro atoms. The molecule has 6 nitrogen and oxygen atoms in total. The smallest absolute Gasteiger partial charge is 0.303 e. The highest BCUT2D eigenvalue weighted by atomic mass is 16.5. The van der Waals surface area contributed by atoms with Gasteiger partial charge >= 0.3 is 5.97 Å². The van der Waals surface area contributed by atoms with E-state index in [0.29, 0.717) is 32.5 Å². The predicted molar refractivity (Wildman–Crippen MR) is 103 cm³/mol. The molecule has 1 aliphatic rings. The van der Waals surface area contributed by atoms with Crippen molar-refractivity contribution in [3.63, 3.8) is 0 Å². The summed E-state index contributed by atoms with van der Waals surface area (Å²) in [6.07, 6.45) is 7.72. The minimum absolute atomic E-state index is 0.0235. The van der Waals surface area contributed by atoms with E-state index in [2.05, 4.69) is 0 Å². The Morgan fingerprint density at radius 2 is 2.07 bits per heavy atom. The summed E-state index contributed by atoms with van der Waals surface area (Å²) in [5.74, 6) is -1.42. The SMILES string of the molecule is CCOCC(C)(C)C(O)/C=C/C1C(O)CC(=O)C1C/C=C/CCCC(=O)O. The Morgan fingerprint density at radius 3 is 2.70 bits per heavy atom. The Kier molecular flexibility index (Phi) is 9.91. The first kappa shape index (κ1) is 23.5. The molecule has 0 aromatic carbocycles. The van der Waals surface area contributed by atoms with Gasteiger partial charge in [-0.05, 0) is 26.2 Å². The molecule has 0 amide bonds. The van der Waals surface area contributed by atoms with E-state index in [1.807, 2.05) is 32.9 Å². The van der Waals surface area contributed by atoms with Gasteiger partial charge in [0.1, 0.15) is 5.78 Å². The van der Waals surface area contributed by atoms with E-state index in [4.69, 9.17) is 9.84 Å². The van der Waals surface area contributed by atoms with Gasteiger partial charge in [-0.15, -0.1) is 0 Å². The van der Waals surface area contributed by atoms with Crippen LogP contribution in [0.15, 0.2) is 24.3 Å². The normalized spacial score (nSPS) is 24.9. The van der Waals surface area contributed by atoms with E-state index in [0.717, 1.165) is 0 Å². The second kappa shape index (κ2) is 11.4. The van der Waals surface area contributed by atoms with Crippen molar-refractivity contribution >= 4 is 11.8 Å². The Labute approximate surface area is 161 Å². The molecule has 1 aliphatic carbocycles. The quantitative estimate of drug-likeness (QED) is 0.354. The maximum Gasteiger partial charge on any atom is 0.303 e. The number of aliphatic hydroxyl groups is 2. The summed E-state index contributed by atoms with van der Waals surface area (Å²) >= 11 is 0. The largest absolute Gasteiger partial charge is 0.481 e. The maximum absolute atomic E-state index is 12.2. The third-order valence-electron chi connectivity index (χ3n) is 5.05. The Hall–Kier alpha value is -1.50. The van der Waals surface area contributed by atoms with Crippen LogP contribution in [0, 0.1) is 17.3 Å². The summed E-state index contributed by atoms with van der Waals surface area (Å²) in [5.41, 5.74) is -0.459. The summed E-state index contributed by atoms with van der Waals surface area (Å²) in [4.78, 5) is 22.7. The number of aliphatic hydroxyl groups excluding tert-OH is 2. The maximum atomic E-state index is 12.2. The summed E-state index contributed by atoms with van der Waals surface area (Å²) in [6.45, 7) is 6.72. The molecule has 3 N–H and O–H groups in total. The zero-order chi connectivity index (χ0) is 20.4. The molecule has 4 unspecified atom stereocenters. The van der Waals surface area contributed by atoms with E-state index in [-0.39, 0.29) is 30.5 Å². The lowest BCUT2D eigenvalue weighted by Gasteiger charge is -2.28. The molecule has 0 radical (unpaired) electrons. The molecule has 4 atom stereocenters. The number of hydrogen-bond acceptors (Lipinski definition) is 5. The number of unbranched alkanes of at least 4 members (excludes halogenated alkanes) is 1. The Balaban J connectivity index is 2.63. The molecule has 1 fully saturated rings. The van der Waals surface area contributed by atoms with Crippen LogP contribution >= 0.6 is 0 Å². The highest BCUT2D eigenvalue weighted by molar-refractivity contribution is 5.84. The zero-order valence-electron chi connectivity index (χ0n) is 16.6. The van der Waals surface area contributed by atoms with Crippen molar-refractivity contribution in [3.05, 3.63) is 24.3 Å². The molecule has 0 heterocycles. The van der Waals surface area contributed by atoms with E-state index in [9.17, 15) is 19.8 Å². The van der Waals surface area contributed by atoms with Crippen LogP contribution in [0.5, 0.6) is 0 Å². The number of carboxylic acids is 1. The number of aliphatic carboxylic acids is 1. The molecule has 0 aliphatic heterocycles. The fraction of sp³-hybridized carbons (Fsp3) is 0.714. The molecule has 0 aromatic heterocycles. The first-order valence-corrected chi connectivity index (χ1v) is 9.70. The molecule has 1 rings (SSSR count). The Bertz CT molecular complexity index is 537. The first-order valence-electron chi connectivity index (χ1n) is 9.70. The number of Topliss-reactive ketones (excluding diaryl/α,β-unsaturated/α-hetero) is 1. The van der Waals surface area contributed by atoms with Gasteiger partial charge in [-0.3, -0.25) is 9.59 Å². The average molecular weight is 382 g/mol. The summed E-state index contributed by atoms with van der Waals surface area (Å²) < 4.78 is 5.41. The van der Waals surface area contributed by atoms with Crippen molar-refractivity contribution in [2.24, 2.45) is 17.3 Å². The number of carbonyl (C=O) groups is 2. The van der Waals surface area contributed by atoms with Crippen LogP contribution < -0.4 is 0 Å². The Morgan fingerprint density at radius 1 is 1.37 bits per heavy atom. The van der Waals surface area contributed by atoms with E-state index < -0.39 is 23.6 Å². The van der Waals surface area contributed by atoms with Gasteiger partial charge in [0.15, 0.2) is 0 Å². The third kappa shape index (κ3) is 7.95. The highest BCUT2D eigenvalue weighted by Gasteiger charge is 2.39. The van der Waals surface area contributed by atoms with Crippen LogP contribution in [0.4, 0.5) is 0 Å². The fourth-order valence-electron chi connectivity index (χ4n) is 3.20. The summed E-state index contributed by atoms with van der Waals surface area (Å²) in [7, 11) is 0. The zero-order valence-corrected chi connectivity index (χ0v) is 16.6. The second-order valence-electron chi connectivity index (χ2n) is 7.87. The molecule has 1 saturated carbocycles. The lowest BCUT2D eigenvalue weighted by Crippen LogP contribution is -2.33. The highest BCUT2D eigenvalue weighted by Crippen LogP contribution is 2.34.